The second-order valence-electron chi connectivity index (χ2n) is 27.4. The van der Waals surface area contributed by atoms with Crippen molar-refractivity contribution in [3.8, 4) is 17.2 Å². The van der Waals surface area contributed by atoms with E-state index < -0.39 is 247 Å². The van der Waals surface area contributed by atoms with Crippen molar-refractivity contribution in [3.63, 3.8) is 0 Å². The first-order chi connectivity index (χ1) is 55.9. The molecule has 51 heteroatoms. The molecule has 0 saturated carbocycles. The highest BCUT2D eigenvalue weighted by Gasteiger charge is 2.62. The molecule has 0 aliphatic carbocycles. The molecule has 9 heterocycles. The molecule has 12 rings (SSSR count). The number of carbonyl (C=O) groups excluding carboxylic acids is 3. The van der Waals surface area contributed by atoms with E-state index in [9.17, 15) is 62.2 Å². The van der Waals surface area contributed by atoms with Crippen LogP contribution in [0.15, 0.2) is 124 Å². The van der Waals surface area contributed by atoms with Crippen LogP contribution in [0.1, 0.15) is 67.1 Å². The number of esters is 3. The number of aliphatic hydroxyl groups excluding tert-OH is 3. The summed E-state index contributed by atoms with van der Waals surface area (Å²) in [6, 6.07) is 17.2. The van der Waals surface area contributed by atoms with Gasteiger partial charge in [-0.3, -0.25) is 71.0 Å². The number of ether oxygens (including phenoxy) is 6. The third kappa shape index (κ3) is 18.6. The van der Waals surface area contributed by atoms with Gasteiger partial charge in [0.1, 0.15) is 92.0 Å². The molecule has 0 amide bonds. The van der Waals surface area contributed by atoms with Gasteiger partial charge in [-0.15, -0.1) is 0 Å². The minimum absolute atomic E-state index is 0.00721. The molecular formula is C67H79F6N18O24P3. The number of nitrogens with one attached hydrogen (secondary N) is 8. The van der Waals surface area contributed by atoms with E-state index in [1.807, 2.05) is 0 Å². The molecule has 638 valence electrons. The Morgan fingerprint density at radius 2 is 0.771 bits per heavy atom. The number of alkyl halides is 6. The molecule has 9 aromatic rings. The number of anilines is 3. The van der Waals surface area contributed by atoms with E-state index in [0.29, 0.717) is 0 Å². The van der Waals surface area contributed by atoms with Crippen LogP contribution >= 0.6 is 23.2 Å². The lowest BCUT2D eigenvalue weighted by Crippen LogP contribution is -2.45. The number of imidazole rings is 3. The highest BCUT2D eigenvalue weighted by atomic mass is 31.2. The van der Waals surface area contributed by atoms with Gasteiger partial charge in [-0.05, 0) is 84.9 Å². The fraction of sp³-hybridized carbons (Fsp3) is 0.463. The number of nitrogens with two attached hydrogens (primary N) is 1. The maximum atomic E-state index is 17.2. The molecule has 3 fully saturated rings. The molecule has 3 saturated heterocycles. The van der Waals surface area contributed by atoms with Gasteiger partial charge in [-0.25, -0.2) is 55.0 Å². The average molecular weight is 1730 g/mol. The number of para-hydroxylation sites is 3. The van der Waals surface area contributed by atoms with Gasteiger partial charge in [0.25, 0.3) is 16.7 Å². The van der Waals surface area contributed by atoms with E-state index in [2.05, 4.69) is 70.8 Å². The Hall–Kier alpha value is -10.3. The highest BCUT2D eigenvalue weighted by molar-refractivity contribution is 7.52. The number of hydrogen-bond donors (Lipinski definition) is 12. The number of benzene rings is 3. The third-order valence-corrected chi connectivity index (χ3v) is 23.2. The zero-order chi connectivity index (χ0) is 85.1. The summed E-state index contributed by atoms with van der Waals surface area (Å²) in [5.41, 5.74) is -9.87. The molecule has 0 bridgehead atoms. The molecule has 0 radical (unpaired) electrons. The lowest BCUT2D eigenvalue weighted by atomic mass is 9.97. The quantitative estimate of drug-likeness (QED) is 0.00811. The standard InChI is InChI=1S/C67H79F6N18O24P3/c1-32(2)107-56(98)33(3)86-116(101,113-38-17-11-8-12-18-38)104-24-42-48(93)66(72,27-69)60(111-42)90-30-76-45-51(90)81-63(84-54(45)96)79-37(7)109-58(100)35(5)88-118(103,115-40-21-15-10-16-22-40)106-25-43-49(94)67(73,28-70)61(112-43)91-31-77-46-52(91)82-64(85-55(46)97)78-36(6)108-57(99)34(4)87-117(102,114-39-19-13-9-14-20-39)105-23-41-47(92)65(71,26-68)59(110-41)89-29-75-44-50(89)80-62(74)83-53(44)95/h8-22,29-37,41-43,47-49,59-61,92-94H,23-28H2,1-7H3,(H,86,101)(H,87,102)(H,88,103)(H3,74,80,83,95)(H2,78,82,85,97)(H2,79,81,84,96)/t33-,34-,35-,36?,37?,41+,42+,43+,47?,48?,49?,59+,60+,61+,65+,66+,67+,116?,117+,118-/m0/s1. The predicted molar refractivity (Wildman–Crippen MR) is 397 cm³/mol. The maximum absolute atomic E-state index is 17.2. The number of aromatic amines is 3. The Bertz CT molecular complexity index is 5440. The summed E-state index contributed by atoms with van der Waals surface area (Å²) in [6.45, 7) is 0.319. The predicted octanol–water partition coefficient (Wildman–Crippen LogP) is 4.88. The van der Waals surface area contributed by atoms with E-state index in [1.165, 1.54) is 93.6 Å². The van der Waals surface area contributed by atoms with Crippen LogP contribution in [0.4, 0.5) is 44.2 Å². The van der Waals surface area contributed by atoms with Crippen LogP contribution in [0, 0.1) is 0 Å². The Morgan fingerprint density at radius 1 is 0.483 bits per heavy atom. The van der Waals surface area contributed by atoms with Crippen LogP contribution < -0.4 is 61.9 Å². The number of rotatable bonds is 37. The smallest absolute Gasteiger partial charge is 0.459 e. The Balaban J connectivity index is 0.684. The van der Waals surface area contributed by atoms with E-state index in [0.717, 1.165) is 46.5 Å². The lowest BCUT2D eigenvalue weighted by molar-refractivity contribution is -0.149. The van der Waals surface area contributed by atoms with Gasteiger partial charge in [0, 0.05) is 0 Å². The molecule has 3 aliphatic heterocycles. The summed E-state index contributed by atoms with van der Waals surface area (Å²) in [6.07, 6.45) is -20.3. The number of carbonyl (C=O) groups is 3. The minimum Gasteiger partial charge on any atom is -0.462 e. The second kappa shape index (κ2) is 35.3. The fourth-order valence-corrected chi connectivity index (χ4v) is 16.9. The minimum atomic E-state index is -5.00. The summed E-state index contributed by atoms with van der Waals surface area (Å²) in [5.74, 6) is -4.96. The van der Waals surface area contributed by atoms with Crippen LogP contribution in [0.25, 0.3) is 33.5 Å². The topological polar surface area (TPSA) is 551 Å². The second-order valence-corrected chi connectivity index (χ2v) is 32.5. The normalized spacial score (nSPS) is 26.1. The molecule has 42 nitrogen and oxygen atoms in total. The van der Waals surface area contributed by atoms with Crippen molar-refractivity contribution < 1.29 is 125 Å². The summed E-state index contributed by atoms with van der Waals surface area (Å²) in [4.78, 5) is 111. The van der Waals surface area contributed by atoms with Crippen molar-refractivity contribution in [2.75, 3.05) is 56.2 Å². The van der Waals surface area contributed by atoms with Gasteiger partial charge >= 0.3 is 41.1 Å². The van der Waals surface area contributed by atoms with Crippen molar-refractivity contribution in [1.82, 2.24) is 73.8 Å². The van der Waals surface area contributed by atoms with E-state index >= 15 is 22.0 Å². The summed E-state index contributed by atoms with van der Waals surface area (Å²) in [7, 11) is -14.5. The van der Waals surface area contributed by atoms with Gasteiger partial charge in [0.15, 0.2) is 64.6 Å². The Kier molecular flexibility index (Phi) is 26.1. The number of fused-ring (bicyclic) bond motifs is 3. The Morgan fingerprint density at radius 3 is 1.07 bits per heavy atom. The van der Waals surface area contributed by atoms with Crippen LogP contribution in [-0.2, 0) is 70.1 Å². The molecule has 13 N–H and O–H groups in total. The average Bonchev–Trinajstić information content (AvgIpc) is 1.60. The van der Waals surface area contributed by atoms with Gasteiger partial charge in [-0.1, -0.05) is 54.6 Å². The molecule has 3 aliphatic rings. The molecule has 6 unspecified atom stereocenters. The number of aliphatic hydroxyl groups is 3. The van der Waals surface area contributed by atoms with Crippen LogP contribution in [-0.4, -0.2) is 222 Å². The maximum Gasteiger partial charge on any atom is 0.459 e. The molecule has 20 atom stereocenters. The number of aromatic nitrogens is 12. The first-order valence-electron chi connectivity index (χ1n) is 35.8. The SMILES string of the molecule is CC(C)OC(=O)[C@H](C)NP(=O)(OC[C@H]1O[C@@H](n2cnc3c(=O)[nH]c(NC(C)OC(=O)[C@H](C)N[P@](=O)(OC[C@H]4O[C@@H](n5cnc6c(=O)[nH]c(NC(C)OC(=O)[C@H](C)N[P@@](=O)(OC[C@H]7O[C@@H](n8cnc9c(=O)[nH]c(N)nc98)[C@@](F)(CF)C7O)Oc7ccccc7)nc65)[C@@](F)(CF)C4O)Oc4ccccc4)nc32)[C@@](F)(CF)C1O)Oc1ccccc1. The summed E-state index contributed by atoms with van der Waals surface area (Å²) >= 11 is 0. The van der Waals surface area contributed by atoms with Crippen molar-refractivity contribution in [1.29, 1.82) is 0 Å². The molecule has 3 aromatic carbocycles. The first-order valence-corrected chi connectivity index (χ1v) is 40.4. The molecular weight excluding hydrogens is 1650 g/mol. The van der Waals surface area contributed by atoms with Gasteiger partial charge in [0.05, 0.1) is 44.9 Å². The first kappa shape index (κ1) is 87.0. The summed E-state index contributed by atoms with van der Waals surface area (Å²) < 4.78 is 209. The molecule has 0 spiro atoms. The highest BCUT2D eigenvalue weighted by Crippen LogP contribution is 2.52. The molecule has 6 aromatic heterocycles. The van der Waals surface area contributed by atoms with Crippen LogP contribution in [0.5, 0.6) is 17.2 Å². The monoisotopic (exact) mass is 1730 g/mol. The number of halogens is 6. The van der Waals surface area contributed by atoms with Crippen molar-refractivity contribution in [2.45, 2.75) is 157 Å². The third-order valence-electron chi connectivity index (χ3n) is 18.2. The van der Waals surface area contributed by atoms with Crippen LogP contribution in [0.3, 0.4) is 0 Å². The van der Waals surface area contributed by atoms with E-state index in [-0.39, 0.29) is 28.4 Å². The number of nitrogens with zero attached hydrogens (tertiary/aromatic N) is 9. The number of hydrogen-bond acceptors (Lipinski definition) is 33. The van der Waals surface area contributed by atoms with Gasteiger partial charge < -0.3 is 73.7 Å². The summed E-state index contributed by atoms with van der Waals surface area (Å²) in [5, 5.41) is 46.3. The van der Waals surface area contributed by atoms with Gasteiger partial charge in [-0.2, -0.15) is 30.2 Å². The van der Waals surface area contributed by atoms with Gasteiger partial charge in [0.2, 0.25) is 34.9 Å². The number of H-pyrrole nitrogens is 3. The Labute approximate surface area is 661 Å². The van der Waals surface area contributed by atoms with Crippen molar-refractivity contribution >= 4 is 92.5 Å². The van der Waals surface area contributed by atoms with Crippen molar-refractivity contribution in [2.24, 2.45) is 0 Å². The lowest BCUT2D eigenvalue weighted by Gasteiger charge is -2.26. The van der Waals surface area contributed by atoms with E-state index in [1.54, 1.807) is 32.0 Å². The van der Waals surface area contributed by atoms with E-state index in [4.69, 9.17) is 61.3 Å². The largest absolute Gasteiger partial charge is 0.462 e. The zero-order valence-electron chi connectivity index (χ0n) is 62.9. The molecule has 118 heavy (non-hydrogen) atoms. The zero-order valence-corrected chi connectivity index (χ0v) is 65.6. The fourth-order valence-electron chi connectivity index (χ4n) is 12.4. The van der Waals surface area contributed by atoms with Crippen molar-refractivity contribution in [3.05, 3.63) is 141 Å². The number of nitrogen functional groups attached to an aromatic ring is 1. The van der Waals surface area contributed by atoms with Crippen LogP contribution in [0.2, 0.25) is 0 Å².